The molecule has 1 saturated heterocycles. The normalized spacial score (nSPS) is 21.6. The van der Waals surface area contributed by atoms with Crippen LogP contribution in [0.25, 0.3) is 0 Å². The van der Waals surface area contributed by atoms with E-state index >= 15 is 0 Å². The van der Waals surface area contributed by atoms with Gasteiger partial charge in [-0.05, 0) is 31.6 Å². The first kappa shape index (κ1) is 24.9. The molecule has 5 N–H and O–H groups in total. The van der Waals surface area contributed by atoms with Gasteiger partial charge in [0.25, 0.3) is 0 Å². The first-order chi connectivity index (χ1) is 13.5. The van der Waals surface area contributed by atoms with Gasteiger partial charge in [0.05, 0.1) is 6.04 Å². The second-order valence-corrected chi connectivity index (χ2v) is 8.04. The largest absolute Gasteiger partial charge is 0.480 e. The summed E-state index contributed by atoms with van der Waals surface area (Å²) in [5.41, 5.74) is 6.04. The van der Waals surface area contributed by atoms with Gasteiger partial charge in [0.2, 0.25) is 17.7 Å². The minimum atomic E-state index is -1.11. The van der Waals surface area contributed by atoms with Crippen molar-refractivity contribution in [2.45, 2.75) is 84.5 Å². The van der Waals surface area contributed by atoms with E-state index in [1.165, 1.54) is 11.8 Å². The van der Waals surface area contributed by atoms with Crippen LogP contribution >= 0.6 is 0 Å². The number of likely N-dealkylation sites (tertiary alicyclic amines) is 1. The summed E-state index contributed by atoms with van der Waals surface area (Å²) in [7, 11) is 0. The predicted octanol–water partition coefficient (Wildman–Crippen LogP) is 0.471. The molecule has 0 spiro atoms. The second kappa shape index (κ2) is 11.1. The highest BCUT2D eigenvalue weighted by molar-refractivity contribution is 5.94. The Morgan fingerprint density at radius 3 is 2.17 bits per heavy atom. The number of aliphatic carboxylic acids is 1. The van der Waals surface area contributed by atoms with Crippen molar-refractivity contribution in [3.8, 4) is 0 Å². The molecule has 166 valence electrons. The van der Waals surface area contributed by atoms with Gasteiger partial charge in [-0.1, -0.05) is 40.5 Å². The van der Waals surface area contributed by atoms with E-state index in [0.717, 1.165) is 6.42 Å². The fourth-order valence-electron chi connectivity index (χ4n) is 3.33. The quantitative estimate of drug-likeness (QED) is 0.411. The van der Waals surface area contributed by atoms with Crippen LogP contribution in [-0.2, 0) is 19.2 Å². The van der Waals surface area contributed by atoms with E-state index in [9.17, 15) is 24.3 Å². The van der Waals surface area contributed by atoms with Crippen molar-refractivity contribution in [2.24, 2.45) is 17.6 Å². The van der Waals surface area contributed by atoms with Crippen LogP contribution in [0.4, 0.5) is 0 Å². The average molecular weight is 413 g/mol. The van der Waals surface area contributed by atoms with Crippen LogP contribution in [0.3, 0.4) is 0 Å². The number of nitrogens with zero attached hydrogens (tertiary/aromatic N) is 1. The van der Waals surface area contributed by atoms with Gasteiger partial charge in [0.1, 0.15) is 18.1 Å². The molecule has 0 radical (unpaired) electrons. The van der Waals surface area contributed by atoms with Crippen molar-refractivity contribution < 1.29 is 24.3 Å². The maximum atomic E-state index is 12.7. The molecular weight excluding hydrogens is 376 g/mol. The van der Waals surface area contributed by atoms with Crippen molar-refractivity contribution in [3.05, 3.63) is 0 Å². The van der Waals surface area contributed by atoms with Gasteiger partial charge in [0, 0.05) is 6.54 Å². The topological polar surface area (TPSA) is 142 Å². The third-order valence-corrected chi connectivity index (χ3v) is 5.91. The first-order valence-corrected chi connectivity index (χ1v) is 10.4. The van der Waals surface area contributed by atoms with Gasteiger partial charge in [0.15, 0.2) is 0 Å². The monoisotopic (exact) mass is 412 g/mol. The van der Waals surface area contributed by atoms with Crippen molar-refractivity contribution in [1.82, 2.24) is 15.5 Å². The highest BCUT2D eigenvalue weighted by atomic mass is 16.4. The van der Waals surface area contributed by atoms with Gasteiger partial charge in [-0.3, -0.25) is 14.4 Å². The van der Waals surface area contributed by atoms with Gasteiger partial charge in [-0.2, -0.15) is 0 Å². The molecule has 6 unspecified atom stereocenters. The Bertz CT molecular complexity index is 612. The lowest BCUT2D eigenvalue weighted by Crippen LogP contribution is -2.57. The number of carbonyl (C=O) groups is 4. The summed E-state index contributed by atoms with van der Waals surface area (Å²) >= 11 is 0. The van der Waals surface area contributed by atoms with Crippen LogP contribution in [0.2, 0.25) is 0 Å². The Morgan fingerprint density at radius 1 is 1.07 bits per heavy atom. The minimum absolute atomic E-state index is 0.00465. The first-order valence-electron chi connectivity index (χ1n) is 10.4. The summed E-state index contributed by atoms with van der Waals surface area (Å²) in [6.07, 6.45) is 2.54. The number of carboxylic acids is 1. The smallest absolute Gasteiger partial charge is 0.326 e. The minimum Gasteiger partial charge on any atom is -0.480 e. The van der Waals surface area contributed by atoms with Gasteiger partial charge in [-0.15, -0.1) is 0 Å². The second-order valence-electron chi connectivity index (χ2n) is 8.04. The van der Waals surface area contributed by atoms with E-state index in [1.807, 2.05) is 20.8 Å². The Morgan fingerprint density at radius 2 is 1.66 bits per heavy atom. The molecule has 0 aromatic rings. The maximum Gasteiger partial charge on any atom is 0.326 e. The number of hydrogen-bond acceptors (Lipinski definition) is 5. The van der Waals surface area contributed by atoms with Crippen LogP contribution in [0.1, 0.15) is 60.3 Å². The van der Waals surface area contributed by atoms with Crippen LogP contribution in [0, 0.1) is 11.8 Å². The van der Waals surface area contributed by atoms with Crippen molar-refractivity contribution in [2.75, 3.05) is 6.54 Å². The number of rotatable bonds is 10. The van der Waals surface area contributed by atoms with Gasteiger partial charge >= 0.3 is 5.97 Å². The van der Waals surface area contributed by atoms with E-state index in [1.54, 1.807) is 6.92 Å². The number of nitrogens with two attached hydrogens (primary N) is 1. The molecular formula is C20H36N4O5. The SMILES string of the molecule is CCC(C)C(N)C(=O)N1CCCC1C(=O)NC(C)C(=O)NC(C(=O)O)C(C)CC. The number of carboxylic acid groups (broad SMARTS) is 1. The van der Waals surface area contributed by atoms with E-state index in [-0.39, 0.29) is 17.7 Å². The summed E-state index contributed by atoms with van der Waals surface area (Å²) in [4.78, 5) is 50.7. The molecule has 0 aromatic carbocycles. The van der Waals surface area contributed by atoms with Gasteiger partial charge < -0.3 is 26.4 Å². The standard InChI is InChI=1S/C20H36N4O5/c1-6-11(3)15(21)19(27)24-10-8-9-14(24)18(26)22-13(5)17(25)23-16(20(28)29)12(4)7-2/h11-16H,6-10,21H2,1-5H3,(H,22,26)(H,23,25)(H,28,29). The molecule has 9 nitrogen and oxygen atoms in total. The summed E-state index contributed by atoms with van der Waals surface area (Å²) in [5.74, 6) is -2.60. The molecule has 0 aromatic heterocycles. The third kappa shape index (κ3) is 6.42. The van der Waals surface area contributed by atoms with Crippen LogP contribution in [0.15, 0.2) is 0 Å². The Balaban J connectivity index is 2.74. The van der Waals surface area contributed by atoms with E-state index in [0.29, 0.717) is 25.8 Å². The number of carbonyl (C=O) groups excluding carboxylic acids is 3. The van der Waals surface area contributed by atoms with Crippen LogP contribution < -0.4 is 16.4 Å². The predicted molar refractivity (Wildman–Crippen MR) is 109 cm³/mol. The zero-order valence-corrected chi connectivity index (χ0v) is 18.1. The van der Waals surface area contributed by atoms with E-state index < -0.39 is 42.0 Å². The van der Waals surface area contributed by atoms with Gasteiger partial charge in [-0.25, -0.2) is 4.79 Å². The lowest BCUT2D eigenvalue weighted by molar-refractivity contribution is -0.144. The molecule has 9 heteroatoms. The molecule has 1 aliphatic heterocycles. The third-order valence-electron chi connectivity index (χ3n) is 5.91. The fraction of sp³-hybridized carbons (Fsp3) is 0.800. The molecule has 0 aliphatic carbocycles. The van der Waals surface area contributed by atoms with E-state index in [4.69, 9.17) is 5.73 Å². The molecule has 0 bridgehead atoms. The zero-order chi connectivity index (χ0) is 22.3. The van der Waals surface area contributed by atoms with E-state index in [2.05, 4.69) is 10.6 Å². The molecule has 1 fully saturated rings. The zero-order valence-electron chi connectivity index (χ0n) is 18.1. The highest BCUT2D eigenvalue weighted by Crippen LogP contribution is 2.20. The van der Waals surface area contributed by atoms with Crippen LogP contribution in [0.5, 0.6) is 0 Å². The summed E-state index contributed by atoms with van der Waals surface area (Å²) in [6, 6.07) is -3.28. The molecule has 1 heterocycles. The Labute approximate surface area is 172 Å². The molecule has 1 aliphatic rings. The number of hydrogen-bond donors (Lipinski definition) is 4. The maximum absolute atomic E-state index is 12.7. The Kier molecular flexibility index (Phi) is 9.55. The average Bonchev–Trinajstić information content (AvgIpc) is 3.18. The summed E-state index contributed by atoms with van der Waals surface area (Å²) in [5, 5.41) is 14.4. The Hall–Kier alpha value is -2.16. The molecule has 6 atom stereocenters. The highest BCUT2D eigenvalue weighted by Gasteiger charge is 2.38. The van der Waals surface area contributed by atoms with Crippen molar-refractivity contribution >= 4 is 23.7 Å². The molecule has 1 rings (SSSR count). The summed E-state index contributed by atoms with van der Waals surface area (Å²) < 4.78 is 0. The van der Waals surface area contributed by atoms with Crippen molar-refractivity contribution in [1.29, 1.82) is 0 Å². The lowest BCUT2D eigenvalue weighted by Gasteiger charge is -2.29. The summed E-state index contributed by atoms with van der Waals surface area (Å²) in [6.45, 7) is 9.39. The van der Waals surface area contributed by atoms with Crippen molar-refractivity contribution in [3.63, 3.8) is 0 Å². The molecule has 0 saturated carbocycles. The lowest BCUT2D eigenvalue weighted by atomic mass is 9.98. The molecule has 29 heavy (non-hydrogen) atoms. The number of nitrogens with one attached hydrogen (secondary N) is 2. The molecule has 3 amide bonds. The fourth-order valence-corrected chi connectivity index (χ4v) is 3.33. The number of amides is 3. The van der Waals surface area contributed by atoms with Crippen LogP contribution in [-0.4, -0.2) is 64.4 Å².